The molecule has 0 amide bonds. The molecule has 106 valence electrons. The van der Waals surface area contributed by atoms with Gasteiger partial charge >= 0.3 is 0 Å². The first-order chi connectivity index (χ1) is 9.42. The predicted molar refractivity (Wildman–Crippen MR) is 75.0 cm³/mol. The Labute approximate surface area is 115 Å². The maximum absolute atomic E-state index is 5.80. The summed E-state index contributed by atoms with van der Waals surface area (Å²) in [6, 6.07) is 3.28. The lowest BCUT2D eigenvalue weighted by Crippen LogP contribution is -2.37. The first-order valence-corrected chi connectivity index (χ1v) is 7.77. The average Bonchev–Trinajstić information content (AvgIpc) is 3.10. The minimum Gasteiger partial charge on any atom is -0.373 e. The smallest absolute Gasteiger partial charge is 0.0907 e. The van der Waals surface area contributed by atoms with Crippen molar-refractivity contribution in [2.75, 3.05) is 13.2 Å². The van der Waals surface area contributed by atoms with Gasteiger partial charge in [0.25, 0.3) is 0 Å². The Morgan fingerprint density at radius 1 is 1.21 bits per heavy atom. The average molecular weight is 263 g/mol. The van der Waals surface area contributed by atoms with E-state index in [0.717, 1.165) is 18.8 Å². The van der Waals surface area contributed by atoms with E-state index >= 15 is 0 Å². The Morgan fingerprint density at radius 2 is 2.05 bits per heavy atom. The Hall–Kier alpha value is -0.870. The molecule has 1 aromatic heterocycles. The van der Waals surface area contributed by atoms with Gasteiger partial charge in [-0.2, -0.15) is 5.10 Å². The molecule has 2 fully saturated rings. The molecule has 1 unspecified atom stereocenters. The van der Waals surface area contributed by atoms with Crippen LogP contribution in [-0.4, -0.2) is 29.0 Å². The van der Waals surface area contributed by atoms with Gasteiger partial charge in [0.05, 0.1) is 24.9 Å². The maximum Gasteiger partial charge on any atom is 0.0907 e. The SMILES string of the molecule is c1cn(C2CCCC2)nc1COCC1CCCCN1. The van der Waals surface area contributed by atoms with E-state index in [2.05, 4.69) is 27.4 Å². The van der Waals surface area contributed by atoms with E-state index in [9.17, 15) is 0 Å². The van der Waals surface area contributed by atoms with Crippen LogP contribution in [0.1, 0.15) is 56.7 Å². The van der Waals surface area contributed by atoms with Crippen LogP contribution in [0.2, 0.25) is 0 Å². The molecule has 0 bridgehead atoms. The Kier molecular flexibility index (Phi) is 4.51. The van der Waals surface area contributed by atoms with E-state index in [1.807, 2.05) is 0 Å². The maximum atomic E-state index is 5.80. The molecule has 1 aliphatic heterocycles. The first kappa shape index (κ1) is 13.1. The standard InChI is InChI=1S/C15H25N3O/c1-2-7-15(6-1)18-10-8-14(17-18)12-19-11-13-5-3-4-9-16-13/h8,10,13,15-16H,1-7,9,11-12H2. The van der Waals surface area contributed by atoms with Crippen molar-refractivity contribution in [2.45, 2.75) is 63.6 Å². The second-order valence-electron chi connectivity index (χ2n) is 5.89. The molecule has 0 aromatic carbocycles. The number of hydrogen-bond donors (Lipinski definition) is 1. The van der Waals surface area contributed by atoms with E-state index in [-0.39, 0.29) is 0 Å². The highest BCUT2D eigenvalue weighted by Gasteiger charge is 2.17. The molecule has 2 heterocycles. The molecule has 1 saturated heterocycles. The van der Waals surface area contributed by atoms with E-state index in [1.165, 1.54) is 44.9 Å². The van der Waals surface area contributed by atoms with Crippen LogP contribution in [0.4, 0.5) is 0 Å². The van der Waals surface area contributed by atoms with E-state index in [4.69, 9.17) is 4.74 Å². The summed E-state index contributed by atoms with van der Waals surface area (Å²) in [5.74, 6) is 0. The van der Waals surface area contributed by atoms with Crippen LogP contribution in [0.25, 0.3) is 0 Å². The first-order valence-electron chi connectivity index (χ1n) is 7.77. The van der Waals surface area contributed by atoms with Crippen LogP contribution in [0.5, 0.6) is 0 Å². The third-order valence-electron chi connectivity index (χ3n) is 4.34. The summed E-state index contributed by atoms with van der Waals surface area (Å²) in [6.07, 6.45) is 11.3. The molecular formula is C15H25N3O. The number of ether oxygens (including phenoxy) is 1. The van der Waals surface area contributed by atoms with Gasteiger partial charge in [-0.25, -0.2) is 0 Å². The summed E-state index contributed by atoms with van der Waals surface area (Å²) >= 11 is 0. The van der Waals surface area contributed by atoms with Gasteiger partial charge in [-0.1, -0.05) is 19.3 Å². The number of aromatic nitrogens is 2. The zero-order valence-corrected chi connectivity index (χ0v) is 11.7. The number of rotatable bonds is 5. The molecule has 3 rings (SSSR count). The second kappa shape index (κ2) is 6.53. The van der Waals surface area contributed by atoms with Gasteiger partial charge in [-0.05, 0) is 38.3 Å². The fourth-order valence-corrected chi connectivity index (χ4v) is 3.20. The Morgan fingerprint density at radius 3 is 2.84 bits per heavy atom. The van der Waals surface area contributed by atoms with E-state index in [1.54, 1.807) is 0 Å². The number of hydrogen-bond acceptors (Lipinski definition) is 3. The van der Waals surface area contributed by atoms with Gasteiger partial charge in [-0.15, -0.1) is 0 Å². The van der Waals surface area contributed by atoms with Gasteiger partial charge in [0, 0.05) is 12.2 Å². The fraction of sp³-hybridized carbons (Fsp3) is 0.800. The largest absolute Gasteiger partial charge is 0.373 e. The topological polar surface area (TPSA) is 39.1 Å². The van der Waals surface area contributed by atoms with Gasteiger partial charge in [0.15, 0.2) is 0 Å². The molecule has 4 nitrogen and oxygen atoms in total. The predicted octanol–water partition coefficient (Wildman–Crippen LogP) is 2.66. The number of nitrogens with zero attached hydrogens (tertiary/aromatic N) is 2. The zero-order chi connectivity index (χ0) is 12.9. The van der Waals surface area contributed by atoms with E-state index in [0.29, 0.717) is 18.7 Å². The molecular weight excluding hydrogens is 238 g/mol. The van der Waals surface area contributed by atoms with Crippen molar-refractivity contribution < 1.29 is 4.74 Å². The van der Waals surface area contributed by atoms with Crippen LogP contribution in [0.15, 0.2) is 12.3 Å². The minimum absolute atomic E-state index is 0.547. The third-order valence-corrected chi connectivity index (χ3v) is 4.34. The lowest BCUT2D eigenvalue weighted by atomic mass is 10.1. The highest BCUT2D eigenvalue weighted by molar-refractivity contribution is 4.98. The summed E-state index contributed by atoms with van der Waals surface area (Å²) in [5, 5.41) is 8.15. The Balaban J connectivity index is 1.42. The van der Waals surface area contributed by atoms with Crippen molar-refractivity contribution in [3.05, 3.63) is 18.0 Å². The van der Waals surface area contributed by atoms with Crippen LogP contribution in [0, 0.1) is 0 Å². The quantitative estimate of drug-likeness (QED) is 0.887. The number of nitrogens with one attached hydrogen (secondary N) is 1. The van der Waals surface area contributed by atoms with Crippen LogP contribution < -0.4 is 5.32 Å². The molecule has 1 atom stereocenters. The van der Waals surface area contributed by atoms with E-state index < -0.39 is 0 Å². The highest BCUT2D eigenvalue weighted by atomic mass is 16.5. The fourth-order valence-electron chi connectivity index (χ4n) is 3.20. The van der Waals surface area contributed by atoms with Crippen LogP contribution in [0.3, 0.4) is 0 Å². The summed E-state index contributed by atoms with van der Waals surface area (Å²) in [7, 11) is 0. The second-order valence-corrected chi connectivity index (χ2v) is 5.89. The lowest BCUT2D eigenvalue weighted by molar-refractivity contribution is 0.0885. The molecule has 2 aliphatic rings. The van der Waals surface area contributed by atoms with Gasteiger partial charge in [0.1, 0.15) is 0 Å². The van der Waals surface area contributed by atoms with Crippen molar-refractivity contribution in [3.63, 3.8) is 0 Å². The van der Waals surface area contributed by atoms with Crippen molar-refractivity contribution in [1.82, 2.24) is 15.1 Å². The highest BCUT2D eigenvalue weighted by Crippen LogP contribution is 2.28. The minimum atomic E-state index is 0.547. The molecule has 1 saturated carbocycles. The molecule has 4 heteroatoms. The lowest BCUT2D eigenvalue weighted by Gasteiger charge is -2.22. The van der Waals surface area contributed by atoms with Gasteiger partial charge < -0.3 is 10.1 Å². The van der Waals surface area contributed by atoms with Crippen molar-refractivity contribution in [1.29, 1.82) is 0 Å². The molecule has 0 radical (unpaired) electrons. The monoisotopic (exact) mass is 263 g/mol. The van der Waals surface area contributed by atoms with Crippen LogP contribution in [-0.2, 0) is 11.3 Å². The summed E-state index contributed by atoms with van der Waals surface area (Å²) in [5.41, 5.74) is 1.07. The molecule has 19 heavy (non-hydrogen) atoms. The van der Waals surface area contributed by atoms with Gasteiger partial charge in [0.2, 0.25) is 0 Å². The summed E-state index contributed by atoms with van der Waals surface area (Å²) < 4.78 is 7.94. The zero-order valence-electron chi connectivity index (χ0n) is 11.7. The molecule has 0 spiro atoms. The Bertz CT molecular complexity index is 378. The molecule has 1 aromatic rings. The normalized spacial score (nSPS) is 24.9. The van der Waals surface area contributed by atoms with Gasteiger partial charge in [-0.3, -0.25) is 4.68 Å². The van der Waals surface area contributed by atoms with Crippen molar-refractivity contribution in [2.24, 2.45) is 0 Å². The number of piperidine rings is 1. The molecule has 1 aliphatic carbocycles. The summed E-state index contributed by atoms with van der Waals surface area (Å²) in [4.78, 5) is 0. The third kappa shape index (κ3) is 3.57. The molecule has 1 N–H and O–H groups in total. The van der Waals surface area contributed by atoms with Crippen LogP contribution >= 0.6 is 0 Å². The van der Waals surface area contributed by atoms with Crippen molar-refractivity contribution >= 4 is 0 Å². The van der Waals surface area contributed by atoms with Crippen molar-refractivity contribution in [3.8, 4) is 0 Å². The summed E-state index contributed by atoms with van der Waals surface area (Å²) in [6.45, 7) is 2.61.